The Bertz CT molecular complexity index is 542. The third-order valence-electron chi connectivity index (χ3n) is 4.18. The maximum Gasteiger partial charge on any atom is 0.469 e. The Morgan fingerprint density at radius 1 is 0.758 bits per heavy atom. The molecule has 1 N–H and O–H groups in total. The van der Waals surface area contributed by atoms with Crippen LogP contribution in [0.3, 0.4) is 0 Å². The van der Waals surface area contributed by atoms with E-state index in [9.17, 15) is 0 Å². The van der Waals surface area contributed by atoms with Crippen molar-refractivity contribution in [2.24, 2.45) is 4.99 Å². The number of hydrogen-bond acceptors (Lipinski definition) is 4. The number of nitrogens with zero attached hydrogens (tertiary/aromatic N) is 2. The van der Waals surface area contributed by atoms with Crippen LogP contribution in [-0.4, -0.2) is 69.8 Å². The summed E-state index contributed by atoms with van der Waals surface area (Å²) in [4.78, 5) is 7.36. The maximum absolute atomic E-state index is 6.87. The molecule has 0 aliphatic carbocycles. The van der Waals surface area contributed by atoms with Gasteiger partial charge in [0.25, 0.3) is 0 Å². The Balaban J connectivity index is 5.87. The van der Waals surface area contributed by atoms with Crippen LogP contribution in [-0.2, 0) is 12.3 Å². The van der Waals surface area contributed by atoms with E-state index < -0.39 is 33.8 Å². The van der Waals surface area contributed by atoms with Crippen LogP contribution in [0.15, 0.2) is 4.99 Å². The third kappa shape index (κ3) is 17.1. The number of nitrogens with one attached hydrogen (secondary N) is 1. The number of hydrogen-bond donors (Lipinski definition) is 1. The van der Waals surface area contributed by atoms with Crippen LogP contribution < -0.4 is 5.32 Å². The molecule has 0 amide bonds. The smallest absolute Gasteiger partial charge is 0.417 e. The summed E-state index contributed by atoms with van der Waals surface area (Å²) in [5.74, 6) is 1.02. The lowest BCUT2D eigenvalue weighted by molar-refractivity contribution is 0.247. The number of aliphatic imine (C=N–C) groups is 1. The van der Waals surface area contributed by atoms with Gasteiger partial charge in [0.05, 0.1) is 0 Å². The van der Waals surface area contributed by atoms with Gasteiger partial charge in [0.1, 0.15) is 0 Å². The molecule has 0 aromatic carbocycles. The fourth-order valence-corrected chi connectivity index (χ4v) is 18.1. The van der Waals surface area contributed by atoms with Gasteiger partial charge in [-0.15, -0.1) is 0 Å². The summed E-state index contributed by atoms with van der Waals surface area (Å²) in [7, 11) is -8.35. The van der Waals surface area contributed by atoms with Crippen molar-refractivity contribution < 1.29 is 12.3 Å². The lowest BCUT2D eigenvalue weighted by Crippen LogP contribution is -2.60. The predicted octanol–water partition coefficient (Wildman–Crippen LogP) is 6.73. The van der Waals surface area contributed by atoms with Crippen LogP contribution in [0.25, 0.3) is 0 Å². The van der Waals surface area contributed by atoms with Crippen LogP contribution >= 0.6 is 0 Å². The normalized spacial score (nSPS) is 14.4. The second kappa shape index (κ2) is 13.9. The summed E-state index contributed by atoms with van der Waals surface area (Å²) in [6.07, 6.45) is 3.30. The van der Waals surface area contributed by atoms with E-state index in [1.54, 1.807) is 0 Å². The number of unbranched alkanes of at least 4 members (excludes halogenated alkanes) is 1. The minimum atomic E-state index is -2.80. The molecular weight excluding hydrogens is 479 g/mol. The molecule has 0 rings (SSSR count). The Morgan fingerprint density at radius 3 is 1.52 bits per heavy atom. The highest BCUT2D eigenvalue weighted by Gasteiger charge is 2.49. The fourth-order valence-electron chi connectivity index (χ4n) is 3.49. The van der Waals surface area contributed by atoms with E-state index in [4.69, 9.17) is 17.3 Å². The first kappa shape index (κ1) is 33.0. The van der Waals surface area contributed by atoms with E-state index in [0.29, 0.717) is 6.04 Å². The SMILES string of the molecule is CCCCN(CCC[Si](O[Si](C)(C)C)(O[Si](C)(C)C)O[Si](C)(C)C)/C(=N\C(C)C)NC(C)C. The third-order valence-corrected chi connectivity index (χ3v) is 16.2. The summed E-state index contributed by atoms with van der Waals surface area (Å²) in [5.41, 5.74) is 0. The van der Waals surface area contributed by atoms with E-state index in [0.717, 1.165) is 37.9 Å². The zero-order chi connectivity index (χ0) is 26.1. The summed E-state index contributed by atoms with van der Waals surface area (Å²) in [6.45, 7) is 33.1. The van der Waals surface area contributed by atoms with Crippen LogP contribution in [0, 0.1) is 0 Å². The highest BCUT2D eigenvalue weighted by molar-refractivity contribution is 6.90. The summed E-state index contributed by atoms with van der Waals surface area (Å²) in [6, 6.07) is 1.47. The van der Waals surface area contributed by atoms with Crippen molar-refractivity contribution in [3.05, 3.63) is 0 Å². The van der Waals surface area contributed by atoms with Crippen LogP contribution in [0.2, 0.25) is 65.0 Å². The minimum Gasteiger partial charge on any atom is -0.417 e. The van der Waals surface area contributed by atoms with Gasteiger partial charge >= 0.3 is 8.80 Å². The van der Waals surface area contributed by atoms with Crippen molar-refractivity contribution in [2.45, 2.75) is 131 Å². The van der Waals surface area contributed by atoms with Crippen LogP contribution in [0.5, 0.6) is 0 Å². The van der Waals surface area contributed by atoms with Gasteiger partial charge in [-0.05, 0) is 99.5 Å². The molecule has 0 aromatic rings. The molecule has 0 aromatic heterocycles. The van der Waals surface area contributed by atoms with Gasteiger partial charge in [-0.25, -0.2) is 0 Å². The maximum atomic E-state index is 6.87. The zero-order valence-corrected chi connectivity index (χ0v) is 28.5. The molecule has 0 spiro atoms. The molecule has 0 aliphatic rings. The first-order chi connectivity index (χ1) is 14.8. The van der Waals surface area contributed by atoms with Gasteiger partial charge in [-0.1, -0.05) is 13.3 Å². The Labute approximate surface area is 211 Å². The van der Waals surface area contributed by atoms with Gasteiger partial charge in [-0.3, -0.25) is 4.99 Å². The van der Waals surface area contributed by atoms with Crippen molar-refractivity contribution in [3.63, 3.8) is 0 Å². The lowest BCUT2D eigenvalue weighted by atomic mass is 10.3. The average molecular weight is 536 g/mol. The molecule has 0 bridgehead atoms. The standard InChI is InChI=1S/C23H57N3O3Si4/c1-15-16-18-26(23(24-21(2)3)25-22(4)5)19-17-20-33(27-30(6,7)8,28-31(9,10)11)29-32(12,13)14/h21-22H,15-20H2,1-14H3,(H,24,25). The molecule has 198 valence electrons. The Kier molecular flexibility index (Phi) is 13.9. The molecule has 0 atom stereocenters. The van der Waals surface area contributed by atoms with Gasteiger partial charge in [0.15, 0.2) is 30.9 Å². The zero-order valence-electron chi connectivity index (χ0n) is 24.5. The van der Waals surface area contributed by atoms with Crippen LogP contribution in [0.1, 0.15) is 53.9 Å². The molecule has 33 heavy (non-hydrogen) atoms. The molecule has 0 heterocycles. The minimum absolute atomic E-state index is 0.254. The highest BCUT2D eigenvalue weighted by Crippen LogP contribution is 2.30. The van der Waals surface area contributed by atoms with Crippen LogP contribution in [0.4, 0.5) is 0 Å². The Morgan fingerprint density at radius 2 is 1.18 bits per heavy atom. The van der Waals surface area contributed by atoms with E-state index in [1.165, 1.54) is 6.42 Å². The van der Waals surface area contributed by atoms with E-state index >= 15 is 0 Å². The second-order valence-corrected chi connectivity index (χ2v) is 29.6. The van der Waals surface area contributed by atoms with Crippen molar-refractivity contribution in [2.75, 3.05) is 13.1 Å². The summed E-state index contributed by atoms with van der Waals surface area (Å²) >= 11 is 0. The van der Waals surface area contributed by atoms with E-state index in [1.807, 2.05) is 0 Å². The molecule has 0 saturated heterocycles. The molecule has 0 unspecified atom stereocenters. The molecule has 0 fully saturated rings. The molecule has 10 heteroatoms. The van der Waals surface area contributed by atoms with Gasteiger partial charge < -0.3 is 22.6 Å². The topological polar surface area (TPSA) is 55.3 Å². The van der Waals surface area contributed by atoms with E-state index in [-0.39, 0.29) is 6.04 Å². The fraction of sp³-hybridized carbons (Fsp3) is 0.957. The predicted molar refractivity (Wildman–Crippen MR) is 156 cm³/mol. The Hall–Kier alpha value is 0.0175. The first-order valence-corrected chi connectivity index (χ1v) is 25.1. The van der Waals surface area contributed by atoms with Gasteiger partial charge in [-0.2, -0.15) is 0 Å². The van der Waals surface area contributed by atoms with E-state index in [2.05, 4.69) is 104 Å². The number of guanidine groups is 1. The largest absolute Gasteiger partial charge is 0.469 e. The molecule has 6 nitrogen and oxygen atoms in total. The summed E-state index contributed by atoms with van der Waals surface area (Å²) in [5, 5.41) is 3.60. The number of rotatable bonds is 15. The van der Waals surface area contributed by atoms with Crippen molar-refractivity contribution in [1.82, 2.24) is 10.2 Å². The van der Waals surface area contributed by atoms with Gasteiger partial charge in [0, 0.05) is 31.2 Å². The molecule has 0 aliphatic heterocycles. The first-order valence-electron chi connectivity index (χ1n) is 13.0. The average Bonchev–Trinajstić information content (AvgIpc) is 2.51. The van der Waals surface area contributed by atoms with Crippen molar-refractivity contribution in [1.29, 1.82) is 0 Å². The molecule has 0 radical (unpaired) electrons. The lowest BCUT2D eigenvalue weighted by Gasteiger charge is -2.43. The van der Waals surface area contributed by atoms with Crippen molar-refractivity contribution >= 4 is 39.7 Å². The monoisotopic (exact) mass is 535 g/mol. The second-order valence-electron chi connectivity index (χ2n) is 12.6. The molecule has 0 saturated carbocycles. The van der Waals surface area contributed by atoms with Crippen molar-refractivity contribution in [3.8, 4) is 0 Å². The van der Waals surface area contributed by atoms with Gasteiger partial charge in [0.2, 0.25) is 0 Å². The summed E-state index contributed by atoms with van der Waals surface area (Å²) < 4.78 is 20.6. The quantitative estimate of drug-likeness (QED) is 0.143. The highest BCUT2D eigenvalue weighted by atomic mass is 28.5. The molecular formula is C23H57N3O3Si4.